The number of nitrogens with zero attached hydrogens (tertiary/aromatic N) is 3. The van der Waals surface area contributed by atoms with Crippen LogP contribution in [0.4, 0.5) is 15.8 Å². The maximum atomic E-state index is 13.6. The predicted octanol–water partition coefficient (Wildman–Crippen LogP) is 3.46. The molecule has 0 fully saturated rings. The SMILES string of the molecule is Cc1ccc(NC(=O)CSc2ncc3c(n2)-c2ccccc2N(C)S3(=O)=O)cc1F. The van der Waals surface area contributed by atoms with Gasteiger partial charge in [0, 0.05) is 18.3 Å². The number of aryl methyl sites for hydroxylation is 1. The number of carbonyl (C=O) groups excluding carboxylic acids is 1. The largest absolute Gasteiger partial charge is 0.325 e. The fourth-order valence-corrected chi connectivity index (χ4v) is 4.94. The zero-order valence-electron chi connectivity index (χ0n) is 16.1. The van der Waals surface area contributed by atoms with E-state index in [1.54, 1.807) is 43.3 Å². The van der Waals surface area contributed by atoms with E-state index in [-0.39, 0.29) is 21.7 Å². The van der Waals surface area contributed by atoms with Gasteiger partial charge in [-0.1, -0.05) is 36.0 Å². The molecule has 0 spiro atoms. The Hall–Kier alpha value is -2.98. The summed E-state index contributed by atoms with van der Waals surface area (Å²) in [4.78, 5) is 20.7. The Balaban J connectivity index is 1.55. The number of para-hydroxylation sites is 1. The van der Waals surface area contributed by atoms with E-state index in [4.69, 9.17) is 0 Å². The van der Waals surface area contributed by atoms with Crippen molar-refractivity contribution in [3.8, 4) is 11.3 Å². The zero-order chi connectivity index (χ0) is 21.5. The number of sulfonamides is 1. The van der Waals surface area contributed by atoms with E-state index >= 15 is 0 Å². The standard InChI is InChI=1S/C20H17FN4O3S2/c1-12-7-8-13(9-15(12)21)23-18(26)11-29-20-22-10-17-19(24-20)14-5-3-4-6-16(14)25(2)30(17,27)28/h3-10H,11H2,1-2H3,(H,23,26). The lowest BCUT2D eigenvalue weighted by Gasteiger charge is -2.28. The highest BCUT2D eigenvalue weighted by Crippen LogP contribution is 2.41. The van der Waals surface area contributed by atoms with Gasteiger partial charge >= 0.3 is 0 Å². The average molecular weight is 445 g/mol. The Morgan fingerprint density at radius 2 is 2.00 bits per heavy atom. The first-order chi connectivity index (χ1) is 14.3. The summed E-state index contributed by atoms with van der Waals surface area (Å²) in [5.74, 6) is -0.761. The molecule has 7 nitrogen and oxygen atoms in total. The molecule has 0 radical (unpaired) electrons. The van der Waals surface area contributed by atoms with Crippen molar-refractivity contribution in [3.63, 3.8) is 0 Å². The van der Waals surface area contributed by atoms with Crippen LogP contribution in [-0.4, -0.2) is 37.1 Å². The molecule has 0 atom stereocenters. The second kappa shape index (κ2) is 7.69. The van der Waals surface area contributed by atoms with E-state index in [2.05, 4.69) is 15.3 Å². The topological polar surface area (TPSA) is 92.3 Å². The van der Waals surface area contributed by atoms with Gasteiger partial charge in [0.15, 0.2) is 5.16 Å². The van der Waals surface area contributed by atoms with Crippen molar-refractivity contribution in [3.05, 3.63) is 60.0 Å². The molecule has 1 aliphatic rings. The minimum atomic E-state index is -3.75. The lowest BCUT2D eigenvalue weighted by Crippen LogP contribution is -2.31. The van der Waals surface area contributed by atoms with Gasteiger partial charge in [-0.2, -0.15) is 0 Å². The molecule has 10 heteroatoms. The number of rotatable bonds is 4. The molecule has 2 aromatic carbocycles. The molecule has 154 valence electrons. The molecule has 0 unspecified atom stereocenters. The van der Waals surface area contributed by atoms with Crippen molar-refractivity contribution in [2.75, 3.05) is 22.4 Å². The summed E-state index contributed by atoms with van der Waals surface area (Å²) in [7, 11) is -2.26. The first kappa shape index (κ1) is 20.3. The number of amides is 1. The first-order valence-electron chi connectivity index (χ1n) is 8.91. The van der Waals surface area contributed by atoms with Crippen LogP contribution in [0.25, 0.3) is 11.3 Å². The van der Waals surface area contributed by atoms with E-state index in [9.17, 15) is 17.6 Å². The fourth-order valence-electron chi connectivity index (χ4n) is 3.03. The van der Waals surface area contributed by atoms with Gasteiger partial charge in [0.25, 0.3) is 10.0 Å². The van der Waals surface area contributed by atoms with Gasteiger partial charge in [0.2, 0.25) is 5.91 Å². The van der Waals surface area contributed by atoms with Gasteiger partial charge < -0.3 is 5.32 Å². The van der Waals surface area contributed by atoms with E-state index in [0.29, 0.717) is 28.2 Å². The summed E-state index contributed by atoms with van der Waals surface area (Å²) in [5.41, 5.74) is 2.36. The van der Waals surface area contributed by atoms with Crippen LogP contribution < -0.4 is 9.62 Å². The third kappa shape index (κ3) is 3.63. The lowest BCUT2D eigenvalue weighted by molar-refractivity contribution is -0.113. The second-order valence-corrected chi connectivity index (χ2v) is 9.54. The third-order valence-electron chi connectivity index (χ3n) is 4.66. The molecule has 1 aliphatic heterocycles. The number of halogens is 1. The number of fused-ring (bicyclic) bond motifs is 3. The monoisotopic (exact) mass is 444 g/mol. The molecule has 2 heterocycles. The summed E-state index contributed by atoms with van der Waals surface area (Å²) in [6.07, 6.45) is 1.26. The smallest absolute Gasteiger partial charge is 0.267 e. The first-order valence-corrected chi connectivity index (χ1v) is 11.3. The average Bonchev–Trinajstić information content (AvgIpc) is 2.73. The molecule has 0 aliphatic carbocycles. The number of hydrogen-bond acceptors (Lipinski definition) is 6. The van der Waals surface area contributed by atoms with Crippen molar-refractivity contribution < 1.29 is 17.6 Å². The van der Waals surface area contributed by atoms with Crippen LogP contribution in [-0.2, 0) is 14.8 Å². The number of carbonyl (C=O) groups is 1. The quantitative estimate of drug-likeness (QED) is 0.489. The minimum absolute atomic E-state index is 0.0113. The zero-order valence-corrected chi connectivity index (χ0v) is 17.7. The predicted molar refractivity (Wildman–Crippen MR) is 114 cm³/mol. The van der Waals surface area contributed by atoms with E-state index in [0.717, 1.165) is 11.8 Å². The van der Waals surface area contributed by atoms with Crippen LogP contribution in [0.15, 0.2) is 58.7 Å². The van der Waals surface area contributed by atoms with Crippen LogP contribution >= 0.6 is 11.8 Å². The maximum absolute atomic E-state index is 13.6. The number of anilines is 2. The molecule has 0 saturated carbocycles. The summed E-state index contributed by atoms with van der Waals surface area (Å²) in [6.45, 7) is 1.64. The minimum Gasteiger partial charge on any atom is -0.325 e. The van der Waals surface area contributed by atoms with Gasteiger partial charge in [0.1, 0.15) is 10.7 Å². The van der Waals surface area contributed by atoms with Crippen molar-refractivity contribution in [1.29, 1.82) is 0 Å². The van der Waals surface area contributed by atoms with Gasteiger partial charge in [-0.15, -0.1) is 0 Å². The number of aromatic nitrogens is 2. The van der Waals surface area contributed by atoms with E-state index in [1.807, 2.05) is 0 Å². The van der Waals surface area contributed by atoms with Crippen molar-refractivity contribution in [1.82, 2.24) is 9.97 Å². The Morgan fingerprint density at radius 1 is 1.23 bits per heavy atom. The van der Waals surface area contributed by atoms with Crippen molar-refractivity contribution >= 4 is 39.1 Å². The normalized spacial score (nSPS) is 14.0. The molecule has 0 saturated heterocycles. The van der Waals surface area contributed by atoms with Gasteiger partial charge in [-0.3, -0.25) is 9.10 Å². The molecule has 0 bridgehead atoms. The number of thioether (sulfide) groups is 1. The van der Waals surface area contributed by atoms with E-state index < -0.39 is 15.8 Å². The molecule has 1 aromatic heterocycles. The van der Waals surface area contributed by atoms with Crippen molar-refractivity contribution in [2.45, 2.75) is 17.0 Å². The Morgan fingerprint density at radius 3 is 2.77 bits per heavy atom. The molecule has 1 amide bonds. The molecule has 30 heavy (non-hydrogen) atoms. The van der Waals surface area contributed by atoms with Crippen LogP contribution in [0.2, 0.25) is 0 Å². The third-order valence-corrected chi connectivity index (χ3v) is 7.29. The van der Waals surface area contributed by atoms with Gasteiger partial charge in [-0.05, 0) is 30.7 Å². The Labute approximate surface area is 177 Å². The van der Waals surface area contributed by atoms with Gasteiger partial charge in [-0.25, -0.2) is 22.8 Å². The van der Waals surface area contributed by atoms with Crippen LogP contribution in [0.3, 0.4) is 0 Å². The highest BCUT2D eigenvalue weighted by molar-refractivity contribution is 7.99. The summed E-state index contributed by atoms with van der Waals surface area (Å²) >= 11 is 1.07. The summed E-state index contributed by atoms with van der Waals surface area (Å²) in [6, 6.07) is 11.5. The fraction of sp³-hybridized carbons (Fsp3) is 0.150. The number of nitrogens with one attached hydrogen (secondary N) is 1. The molecular weight excluding hydrogens is 427 g/mol. The van der Waals surface area contributed by atoms with Crippen LogP contribution in [0.1, 0.15) is 5.56 Å². The molecule has 3 aromatic rings. The van der Waals surface area contributed by atoms with Crippen LogP contribution in [0, 0.1) is 12.7 Å². The Bertz CT molecular complexity index is 1260. The van der Waals surface area contributed by atoms with E-state index in [1.165, 1.54) is 23.6 Å². The maximum Gasteiger partial charge on any atom is 0.267 e. The second-order valence-electron chi connectivity index (χ2n) is 6.66. The lowest BCUT2D eigenvalue weighted by atomic mass is 10.1. The Kier molecular flexibility index (Phi) is 5.20. The number of benzene rings is 2. The number of hydrogen-bond donors (Lipinski definition) is 1. The highest BCUT2D eigenvalue weighted by Gasteiger charge is 2.34. The van der Waals surface area contributed by atoms with Gasteiger partial charge in [0.05, 0.1) is 23.3 Å². The van der Waals surface area contributed by atoms with Crippen molar-refractivity contribution in [2.24, 2.45) is 0 Å². The molecular formula is C20H17FN4O3S2. The summed E-state index contributed by atoms with van der Waals surface area (Å²) in [5, 5.41) is 2.89. The summed E-state index contributed by atoms with van der Waals surface area (Å²) < 4.78 is 40.3. The van der Waals surface area contributed by atoms with Crippen LogP contribution in [0.5, 0.6) is 0 Å². The molecule has 4 rings (SSSR count). The highest BCUT2D eigenvalue weighted by atomic mass is 32.2. The molecule has 1 N–H and O–H groups in total.